The first-order valence-corrected chi connectivity index (χ1v) is 6.08. The Morgan fingerprint density at radius 3 is 2.91 bits per heavy atom. The van der Waals surface area contributed by atoms with Crippen LogP contribution in [0.25, 0.3) is 0 Å². The topological polar surface area (TPSA) is 20.3 Å². The molecule has 4 heteroatoms. The normalized spacial score (nSPS) is 23.6. The van der Waals surface area contributed by atoms with Crippen molar-refractivity contribution in [1.82, 2.24) is 4.90 Å². The number of carbonyl (C=O) groups excluding carboxylic acids is 1. The zero-order chi connectivity index (χ0) is 8.27. The van der Waals surface area contributed by atoms with Crippen LogP contribution in [0.5, 0.6) is 0 Å². The molecule has 0 aromatic rings. The van der Waals surface area contributed by atoms with Crippen LogP contribution in [0.15, 0.2) is 0 Å². The molecule has 0 aliphatic carbocycles. The molecular formula is C7H13NOS2. The minimum absolute atomic E-state index is 0.169. The SMILES string of the molecule is CC(=O)N(C)CC1CCSS1. The van der Waals surface area contributed by atoms with Crippen LogP contribution in [0.4, 0.5) is 0 Å². The van der Waals surface area contributed by atoms with Gasteiger partial charge in [-0.1, -0.05) is 21.6 Å². The van der Waals surface area contributed by atoms with Crippen LogP contribution in [-0.2, 0) is 4.79 Å². The molecule has 1 saturated heterocycles. The van der Waals surface area contributed by atoms with Crippen molar-refractivity contribution in [2.45, 2.75) is 18.6 Å². The van der Waals surface area contributed by atoms with Crippen molar-refractivity contribution in [2.75, 3.05) is 19.3 Å². The van der Waals surface area contributed by atoms with Gasteiger partial charge in [0.1, 0.15) is 0 Å². The molecule has 2 nitrogen and oxygen atoms in total. The van der Waals surface area contributed by atoms with E-state index in [2.05, 4.69) is 0 Å². The first-order valence-electron chi connectivity index (χ1n) is 3.70. The third kappa shape index (κ3) is 2.95. The zero-order valence-electron chi connectivity index (χ0n) is 6.87. The molecule has 1 rings (SSSR count). The Kier molecular flexibility index (Phi) is 3.59. The maximum absolute atomic E-state index is 10.8. The van der Waals surface area contributed by atoms with Crippen LogP contribution in [0.2, 0.25) is 0 Å². The van der Waals surface area contributed by atoms with Gasteiger partial charge >= 0.3 is 0 Å². The van der Waals surface area contributed by atoms with Gasteiger partial charge in [-0.2, -0.15) is 0 Å². The third-order valence-corrected chi connectivity index (χ3v) is 4.66. The number of rotatable bonds is 2. The molecule has 0 N–H and O–H groups in total. The van der Waals surface area contributed by atoms with Gasteiger partial charge in [-0.3, -0.25) is 4.79 Å². The highest BCUT2D eigenvalue weighted by Gasteiger charge is 2.18. The summed E-state index contributed by atoms with van der Waals surface area (Å²) in [5.41, 5.74) is 0. The largest absolute Gasteiger partial charge is 0.345 e. The summed E-state index contributed by atoms with van der Waals surface area (Å²) in [5, 5.41) is 0.661. The van der Waals surface area contributed by atoms with Crippen LogP contribution in [0, 0.1) is 0 Å². The molecule has 1 unspecified atom stereocenters. The maximum Gasteiger partial charge on any atom is 0.219 e. The van der Waals surface area contributed by atoms with E-state index in [1.807, 2.05) is 28.6 Å². The lowest BCUT2D eigenvalue weighted by Crippen LogP contribution is -2.30. The van der Waals surface area contributed by atoms with E-state index in [0.717, 1.165) is 6.54 Å². The third-order valence-electron chi connectivity index (χ3n) is 1.74. The number of carbonyl (C=O) groups is 1. The number of amides is 1. The van der Waals surface area contributed by atoms with E-state index in [9.17, 15) is 4.79 Å². The first kappa shape index (κ1) is 9.26. The summed E-state index contributed by atoms with van der Waals surface area (Å²) in [4.78, 5) is 12.6. The molecule has 0 spiro atoms. The monoisotopic (exact) mass is 191 g/mol. The summed E-state index contributed by atoms with van der Waals surface area (Å²) in [6, 6.07) is 0. The van der Waals surface area contributed by atoms with Crippen molar-refractivity contribution < 1.29 is 4.79 Å². The second-order valence-electron chi connectivity index (χ2n) is 2.73. The Balaban J connectivity index is 2.23. The first-order chi connectivity index (χ1) is 5.20. The van der Waals surface area contributed by atoms with Gasteiger partial charge in [-0.25, -0.2) is 0 Å². The average Bonchev–Trinajstić information content (AvgIpc) is 2.39. The van der Waals surface area contributed by atoms with E-state index in [0.29, 0.717) is 5.25 Å². The fourth-order valence-corrected chi connectivity index (χ4v) is 3.87. The quantitative estimate of drug-likeness (QED) is 0.619. The lowest BCUT2D eigenvalue weighted by atomic mass is 10.3. The molecule has 1 fully saturated rings. The van der Waals surface area contributed by atoms with Gasteiger partial charge in [0.15, 0.2) is 0 Å². The number of hydrogen-bond donors (Lipinski definition) is 0. The molecule has 1 amide bonds. The number of hydrogen-bond acceptors (Lipinski definition) is 3. The van der Waals surface area contributed by atoms with Gasteiger partial charge in [0.2, 0.25) is 5.91 Å². The molecule has 1 aliphatic rings. The van der Waals surface area contributed by atoms with Crippen LogP contribution in [0.3, 0.4) is 0 Å². The van der Waals surface area contributed by atoms with Gasteiger partial charge < -0.3 is 4.90 Å². The molecule has 64 valence electrons. The Morgan fingerprint density at radius 1 is 1.73 bits per heavy atom. The van der Waals surface area contributed by atoms with Gasteiger partial charge in [0, 0.05) is 31.5 Å². The van der Waals surface area contributed by atoms with E-state index in [1.165, 1.54) is 12.2 Å². The van der Waals surface area contributed by atoms with E-state index in [1.54, 1.807) is 11.8 Å². The second kappa shape index (κ2) is 4.26. The molecule has 0 aromatic carbocycles. The standard InChI is InChI=1S/C7H13NOS2/c1-6(9)8(2)5-7-3-4-10-11-7/h7H,3-5H2,1-2H3. The van der Waals surface area contributed by atoms with Crippen LogP contribution in [-0.4, -0.2) is 35.4 Å². The minimum Gasteiger partial charge on any atom is -0.345 e. The molecule has 11 heavy (non-hydrogen) atoms. The molecule has 1 aliphatic heterocycles. The molecule has 0 bridgehead atoms. The predicted octanol–water partition coefficient (Wildman–Crippen LogP) is 1.62. The van der Waals surface area contributed by atoms with Gasteiger partial charge in [-0.15, -0.1) is 0 Å². The lowest BCUT2D eigenvalue weighted by molar-refractivity contribution is -0.127. The molecular weight excluding hydrogens is 178 g/mol. The molecule has 0 saturated carbocycles. The van der Waals surface area contributed by atoms with Crippen LogP contribution in [0.1, 0.15) is 13.3 Å². The summed E-state index contributed by atoms with van der Waals surface area (Å²) in [6.07, 6.45) is 1.24. The summed E-state index contributed by atoms with van der Waals surface area (Å²) in [6.45, 7) is 2.53. The molecule has 1 heterocycles. The summed E-state index contributed by atoms with van der Waals surface area (Å²) in [7, 11) is 5.69. The predicted molar refractivity (Wildman–Crippen MR) is 51.8 cm³/mol. The van der Waals surface area contributed by atoms with Crippen LogP contribution < -0.4 is 0 Å². The van der Waals surface area contributed by atoms with E-state index in [-0.39, 0.29) is 5.91 Å². The van der Waals surface area contributed by atoms with Gasteiger partial charge in [-0.05, 0) is 6.42 Å². The minimum atomic E-state index is 0.169. The second-order valence-corrected chi connectivity index (χ2v) is 5.52. The van der Waals surface area contributed by atoms with E-state index >= 15 is 0 Å². The van der Waals surface area contributed by atoms with E-state index in [4.69, 9.17) is 0 Å². The molecule has 0 radical (unpaired) electrons. The van der Waals surface area contributed by atoms with Crippen LogP contribution >= 0.6 is 21.6 Å². The molecule has 0 aromatic heterocycles. The Labute approximate surface area is 75.5 Å². The zero-order valence-corrected chi connectivity index (χ0v) is 8.50. The van der Waals surface area contributed by atoms with Crippen molar-refractivity contribution in [3.63, 3.8) is 0 Å². The Hall–Kier alpha value is 0.170. The highest BCUT2D eigenvalue weighted by molar-refractivity contribution is 8.77. The van der Waals surface area contributed by atoms with Crippen molar-refractivity contribution in [3.05, 3.63) is 0 Å². The highest BCUT2D eigenvalue weighted by atomic mass is 33.1. The Morgan fingerprint density at radius 2 is 2.45 bits per heavy atom. The molecule has 1 atom stereocenters. The maximum atomic E-state index is 10.8. The number of nitrogens with zero attached hydrogens (tertiary/aromatic N) is 1. The average molecular weight is 191 g/mol. The lowest BCUT2D eigenvalue weighted by Gasteiger charge is -2.17. The summed E-state index contributed by atoms with van der Waals surface area (Å²) >= 11 is 0. The van der Waals surface area contributed by atoms with Gasteiger partial charge in [0.05, 0.1) is 0 Å². The fourth-order valence-electron chi connectivity index (χ4n) is 0.928. The Bertz CT molecular complexity index is 145. The smallest absolute Gasteiger partial charge is 0.219 e. The summed E-state index contributed by atoms with van der Waals surface area (Å²) in [5.74, 6) is 1.41. The van der Waals surface area contributed by atoms with Crippen molar-refractivity contribution >= 4 is 27.5 Å². The highest BCUT2D eigenvalue weighted by Crippen LogP contribution is 2.37. The van der Waals surface area contributed by atoms with Gasteiger partial charge in [0.25, 0.3) is 0 Å². The van der Waals surface area contributed by atoms with E-state index < -0.39 is 0 Å². The fraction of sp³-hybridized carbons (Fsp3) is 0.857. The van der Waals surface area contributed by atoms with Crippen molar-refractivity contribution in [3.8, 4) is 0 Å². The van der Waals surface area contributed by atoms with Crippen molar-refractivity contribution in [2.24, 2.45) is 0 Å². The van der Waals surface area contributed by atoms with Crippen molar-refractivity contribution in [1.29, 1.82) is 0 Å². The summed E-state index contributed by atoms with van der Waals surface area (Å²) < 4.78 is 0.